The van der Waals surface area contributed by atoms with Gasteiger partial charge in [-0.25, -0.2) is 4.79 Å². The molecule has 0 N–H and O–H groups in total. The second kappa shape index (κ2) is 9.55. The van der Waals surface area contributed by atoms with Crippen molar-refractivity contribution in [1.82, 2.24) is 4.90 Å². The lowest BCUT2D eigenvalue weighted by atomic mass is 9.91. The van der Waals surface area contributed by atoms with Crippen LogP contribution in [0.3, 0.4) is 0 Å². The van der Waals surface area contributed by atoms with Crippen molar-refractivity contribution >= 4 is 23.5 Å². The molecule has 1 atom stereocenters. The first-order valence-electron chi connectivity index (χ1n) is 9.44. The minimum absolute atomic E-state index is 0.0292. The fourth-order valence-corrected chi connectivity index (χ4v) is 3.84. The minimum Gasteiger partial charge on any atom is -0.467 e. The van der Waals surface area contributed by atoms with Crippen LogP contribution >= 0.6 is 11.6 Å². The maximum atomic E-state index is 13.7. The molecule has 0 aliphatic carbocycles. The lowest BCUT2D eigenvalue weighted by molar-refractivity contribution is -0.152. The first-order chi connectivity index (χ1) is 14.9. The van der Waals surface area contributed by atoms with Gasteiger partial charge in [0.05, 0.1) is 17.7 Å². The number of ether oxygens (including phenoxy) is 5. The Morgan fingerprint density at radius 2 is 1.68 bits per heavy atom. The second-order valence-electron chi connectivity index (χ2n) is 6.99. The molecule has 1 aliphatic heterocycles. The third-order valence-electron chi connectivity index (χ3n) is 5.17. The van der Waals surface area contributed by atoms with Gasteiger partial charge in [0.2, 0.25) is 0 Å². The number of fused-ring (bicyclic) bond motifs is 1. The molecule has 166 valence electrons. The third-order valence-corrected chi connectivity index (χ3v) is 5.46. The highest BCUT2D eigenvalue weighted by atomic mass is 35.5. The van der Waals surface area contributed by atoms with Gasteiger partial charge in [0, 0.05) is 26.8 Å². The summed E-state index contributed by atoms with van der Waals surface area (Å²) in [5.41, 5.74) is 0.420. The van der Waals surface area contributed by atoms with E-state index in [0.717, 1.165) is 5.56 Å². The number of rotatable bonds is 8. The summed E-state index contributed by atoms with van der Waals surface area (Å²) in [6, 6.07) is 10.3. The van der Waals surface area contributed by atoms with E-state index in [1.54, 1.807) is 6.92 Å². The summed E-state index contributed by atoms with van der Waals surface area (Å²) in [5, 5.41) is 0.196. The summed E-state index contributed by atoms with van der Waals surface area (Å²) in [6.45, 7) is 1.76. The van der Waals surface area contributed by atoms with Crippen LogP contribution < -0.4 is 9.47 Å². The van der Waals surface area contributed by atoms with Gasteiger partial charge in [0.25, 0.3) is 5.91 Å². The minimum atomic E-state index is -1.31. The van der Waals surface area contributed by atoms with Crippen LogP contribution in [0.1, 0.15) is 28.4 Å². The molecule has 3 rings (SSSR count). The van der Waals surface area contributed by atoms with Crippen molar-refractivity contribution in [2.45, 2.75) is 19.0 Å². The van der Waals surface area contributed by atoms with E-state index in [4.69, 9.17) is 35.3 Å². The molecular formula is C22H24ClNO7. The number of hydrogen-bond acceptors (Lipinski definition) is 7. The molecule has 2 aromatic rings. The van der Waals surface area contributed by atoms with Crippen LogP contribution in [0, 0.1) is 0 Å². The number of benzene rings is 2. The maximum Gasteiger partial charge on any atom is 0.336 e. The van der Waals surface area contributed by atoms with Crippen molar-refractivity contribution in [3.63, 3.8) is 0 Å². The highest BCUT2D eigenvalue weighted by Gasteiger charge is 2.51. The van der Waals surface area contributed by atoms with Crippen LogP contribution in [0.4, 0.5) is 0 Å². The van der Waals surface area contributed by atoms with Crippen LogP contribution in [-0.4, -0.2) is 51.7 Å². The Morgan fingerprint density at radius 3 is 2.32 bits per heavy atom. The fourth-order valence-electron chi connectivity index (χ4n) is 3.62. The molecule has 0 bridgehead atoms. The van der Waals surface area contributed by atoms with E-state index in [1.807, 2.05) is 24.3 Å². The summed E-state index contributed by atoms with van der Waals surface area (Å²) >= 11 is 6.34. The zero-order chi connectivity index (χ0) is 22.6. The molecule has 31 heavy (non-hydrogen) atoms. The molecule has 1 amide bonds. The van der Waals surface area contributed by atoms with Gasteiger partial charge in [-0.15, -0.1) is 0 Å². The number of halogens is 1. The smallest absolute Gasteiger partial charge is 0.336 e. The predicted octanol–water partition coefficient (Wildman–Crippen LogP) is 3.35. The van der Waals surface area contributed by atoms with Gasteiger partial charge in [-0.1, -0.05) is 35.9 Å². The maximum absolute atomic E-state index is 13.7. The average molecular weight is 450 g/mol. The molecule has 0 aromatic heterocycles. The Bertz CT molecular complexity index is 980. The number of methoxy groups -OCH3 is 3. The van der Waals surface area contributed by atoms with Crippen LogP contribution in [-0.2, 0) is 31.1 Å². The van der Waals surface area contributed by atoms with Crippen LogP contribution in [0.2, 0.25) is 5.02 Å². The van der Waals surface area contributed by atoms with Gasteiger partial charge in [0.1, 0.15) is 11.5 Å². The lowest BCUT2D eigenvalue weighted by Gasteiger charge is -2.33. The van der Waals surface area contributed by atoms with E-state index >= 15 is 0 Å². The Kier molecular flexibility index (Phi) is 7.04. The van der Waals surface area contributed by atoms with Gasteiger partial charge >= 0.3 is 5.97 Å². The number of esters is 1. The number of carbonyl (C=O) groups is 2. The molecule has 2 aromatic carbocycles. The molecule has 1 unspecified atom stereocenters. The summed E-state index contributed by atoms with van der Waals surface area (Å²) in [5.74, 6) is -0.510. The quantitative estimate of drug-likeness (QED) is 0.451. The largest absolute Gasteiger partial charge is 0.467 e. The molecule has 1 aliphatic rings. The highest BCUT2D eigenvalue weighted by Crippen LogP contribution is 2.43. The number of hydrogen-bond donors (Lipinski definition) is 0. The van der Waals surface area contributed by atoms with Crippen LogP contribution in [0.25, 0.3) is 0 Å². The van der Waals surface area contributed by atoms with E-state index < -0.39 is 17.4 Å². The fraction of sp³-hybridized carbons (Fsp3) is 0.364. The van der Waals surface area contributed by atoms with Gasteiger partial charge in [0.15, 0.2) is 19.1 Å². The van der Waals surface area contributed by atoms with E-state index in [-0.39, 0.29) is 42.2 Å². The van der Waals surface area contributed by atoms with Crippen molar-refractivity contribution in [2.24, 2.45) is 0 Å². The summed E-state index contributed by atoms with van der Waals surface area (Å²) < 4.78 is 26.0. The molecule has 0 radical (unpaired) electrons. The van der Waals surface area contributed by atoms with E-state index in [2.05, 4.69) is 0 Å². The average Bonchev–Trinajstić information content (AvgIpc) is 3.09. The molecule has 0 saturated heterocycles. The van der Waals surface area contributed by atoms with Gasteiger partial charge in [-0.3, -0.25) is 4.79 Å². The van der Waals surface area contributed by atoms with Crippen molar-refractivity contribution < 1.29 is 33.3 Å². The van der Waals surface area contributed by atoms with Crippen LogP contribution in [0.5, 0.6) is 11.5 Å². The third kappa shape index (κ3) is 4.19. The molecule has 8 nitrogen and oxygen atoms in total. The Balaban J connectivity index is 2.06. The summed E-state index contributed by atoms with van der Waals surface area (Å²) in [4.78, 5) is 27.9. The molecule has 0 fully saturated rings. The monoisotopic (exact) mass is 449 g/mol. The predicted molar refractivity (Wildman–Crippen MR) is 112 cm³/mol. The van der Waals surface area contributed by atoms with Crippen molar-refractivity contribution in [3.8, 4) is 11.5 Å². The summed E-state index contributed by atoms with van der Waals surface area (Å²) in [7, 11) is 4.24. The standard InChI is InChI=1S/C22H24ClNO7/c1-22(21(26)29-4)16-8-6-5-7-14(16)11-24(22)20(25)15-9-17(23)19(31-13-28-3)10-18(15)30-12-27-2/h5-10H,11-13H2,1-4H3. The van der Waals surface area contributed by atoms with Crippen molar-refractivity contribution in [1.29, 1.82) is 0 Å². The summed E-state index contributed by atoms with van der Waals surface area (Å²) in [6.07, 6.45) is 0. The highest BCUT2D eigenvalue weighted by molar-refractivity contribution is 6.32. The SMILES string of the molecule is COCOc1cc(OCOC)c(C(=O)N2Cc3ccccc3C2(C)C(=O)OC)cc1Cl. The van der Waals surface area contributed by atoms with E-state index in [0.29, 0.717) is 5.56 Å². The zero-order valence-electron chi connectivity index (χ0n) is 17.8. The second-order valence-corrected chi connectivity index (χ2v) is 7.40. The van der Waals surface area contributed by atoms with E-state index in [1.165, 1.54) is 38.4 Å². The molecule has 0 spiro atoms. The Morgan fingerprint density at radius 1 is 1.03 bits per heavy atom. The molecule has 9 heteroatoms. The number of carbonyl (C=O) groups excluding carboxylic acids is 2. The zero-order valence-corrected chi connectivity index (χ0v) is 18.5. The normalized spacial score (nSPS) is 17.3. The topological polar surface area (TPSA) is 83.5 Å². The molecular weight excluding hydrogens is 426 g/mol. The first-order valence-corrected chi connectivity index (χ1v) is 9.82. The molecule has 0 saturated carbocycles. The lowest BCUT2D eigenvalue weighted by Crippen LogP contribution is -2.49. The number of amides is 1. The van der Waals surface area contributed by atoms with Crippen molar-refractivity contribution in [3.05, 3.63) is 58.1 Å². The van der Waals surface area contributed by atoms with Gasteiger partial charge in [-0.2, -0.15) is 0 Å². The molecule has 1 heterocycles. The first kappa shape index (κ1) is 22.9. The van der Waals surface area contributed by atoms with Gasteiger partial charge in [-0.05, 0) is 24.1 Å². The Labute approximate surface area is 185 Å². The van der Waals surface area contributed by atoms with Gasteiger partial charge < -0.3 is 28.6 Å². The Hall–Kier alpha value is -2.81. The van der Waals surface area contributed by atoms with E-state index in [9.17, 15) is 9.59 Å². The van der Waals surface area contributed by atoms with Crippen molar-refractivity contribution in [2.75, 3.05) is 34.9 Å². The number of nitrogens with zero attached hydrogens (tertiary/aromatic N) is 1. The van der Waals surface area contributed by atoms with Crippen LogP contribution in [0.15, 0.2) is 36.4 Å².